The molecule has 0 bridgehead atoms. The lowest BCUT2D eigenvalue weighted by atomic mass is 9.80. The topological polar surface area (TPSA) is 38.3 Å². The third-order valence-electron chi connectivity index (χ3n) is 4.06. The van der Waals surface area contributed by atoms with Gasteiger partial charge in [-0.15, -0.1) is 0 Å². The van der Waals surface area contributed by atoms with Crippen molar-refractivity contribution in [1.29, 1.82) is 0 Å². The van der Waals surface area contributed by atoms with Crippen LogP contribution in [-0.2, 0) is 9.53 Å². The summed E-state index contributed by atoms with van der Waals surface area (Å²) in [6.07, 6.45) is 7.24. The molecule has 3 atom stereocenters. The molecule has 3 unspecified atom stereocenters. The number of hydrogen-bond donors (Lipinski definition) is 1. The average molecular weight is 255 g/mol. The van der Waals surface area contributed by atoms with Crippen LogP contribution in [0.25, 0.3) is 0 Å². The van der Waals surface area contributed by atoms with E-state index in [1.165, 1.54) is 25.7 Å². The van der Waals surface area contributed by atoms with Crippen molar-refractivity contribution in [2.75, 3.05) is 13.2 Å². The number of rotatable bonds is 7. The molecule has 0 aromatic carbocycles. The van der Waals surface area contributed by atoms with Crippen molar-refractivity contribution in [2.24, 2.45) is 11.8 Å². The van der Waals surface area contributed by atoms with E-state index < -0.39 is 0 Å². The predicted octanol–water partition coefficient (Wildman–Crippen LogP) is 3.13. The fourth-order valence-corrected chi connectivity index (χ4v) is 2.82. The second-order valence-electron chi connectivity index (χ2n) is 5.52. The van der Waals surface area contributed by atoms with Crippen LogP contribution in [-0.4, -0.2) is 25.2 Å². The third-order valence-corrected chi connectivity index (χ3v) is 4.06. The summed E-state index contributed by atoms with van der Waals surface area (Å²) in [4.78, 5) is 11.8. The lowest BCUT2D eigenvalue weighted by Gasteiger charge is -2.30. The van der Waals surface area contributed by atoms with Gasteiger partial charge in [-0.1, -0.05) is 39.5 Å². The largest absolute Gasteiger partial charge is 0.465 e. The zero-order chi connectivity index (χ0) is 13.4. The second-order valence-corrected chi connectivity index (χ2v) is 5.52. The highest BCUT2D eigenvalue weighted by atomic mass is 16.5. The molecule has 1 aliphatic carbocycles. The predicted molar refractivity (Wildman–Crippen MR) is 74.5 cm³/mol. The van der Waals surface area contributed by atoms with Crippen molar-refractivity contribution < 1.29 is 9.53 Å². The molecule has 1 saturated carbocycles. The maximum Gasteiger partial charge on any atom is 0.323 e. The van der Waals surface area contributed by atoms with Gasteiger partial charge >= 0.3 is 5.97 Å². The van der Waals surface area contributed by atoms with E-state index in [1.807, 2.05) is 6.92 Å². The van der Waals surface area contributed by atoms with Crippen LogP contribution in [0.5, 0.6) is 0 Å². The Labute approximate surface area is 112 Å². The summed E-state index contributed by atoms with van der Waals surface area (Å²) in [6.45, 7) is 7.75. The standard InChI is InChI=1S/C15H29NO2/c1-4-8-14(15(17)18-5-2)16-11-13-10-7-6-9-12(13)3/h12-14,16H,4-11H2,1-3H3. The van der Waals surface area contributed by atoms with E-state index in [1.54, 1.807) is 0 Å². The van der Waals surface area contributed by atoms with Crippen LogP contribution in [0.15, 0.2) is 0 Å². The van der Waals surface area contributed by atoms with Gasteiger partial charge in [-0.2, -0.15) is 0 Å². The van der Waals surface area contributed by atoms with Gasteiger partial charge in [-0.25, -0.2) is 0 Å². The van der Waals surface area contributed by atoms with E-state index in [9.17, 15) is 4.79 Å². The van der Waals surface area contributed by atoms with E-state index in [-0.39, 0.29) is 12.0 Å². The first-order valence-electron chi connectivity index (χ1n) is 7.59. The molecular weight excluding hydrogens is 226 g/mol. The number of ether oxygens (including phenoxy) is 1. The normalized spacial score (nSPS) is 25.7. The minimum absolute atomic E-state index is 0.0807. The highest BCUT2D eigenvalue weighted by Crippen LogP contribution is 2.29. The van der Waals surface area contributed by atoms with Gasteiger partial charge in [0.05, 0.1) is 6.61 Å². The highest BCUT2D eigenvalue weighted by molar-refractivity contribution is 5.75. The first kappa shape index (κ1) is 15.5. The molecule has 1 fully saturated rings. The summed E-state index contributed by atoms with van der Waals surface area (Å²) in [6, 6.07) is -0.107. The van der Waals surface area contributed by atoms with Crippen LogP contribution in [0.4, 0.5) is 0 Å². The number of nitrogens with one attached hydrogen (secondary N) is 1. The molecule has 106 valence electrons. The second kappa shape index (κ2) is 8.52. The van der Waals surface area contributed by atoms with E-state index in [4.69, 9.17) is 4.74 Å². The molecule has 0 aliphatic heterocycles. The van der Waals surface area contributed by atoms with Crippen LogP contribution < -0.4 is 5.32 Å². The number of carbonyl (C=O) groups is 1. The zero-order valence-corrected chi connectivity index (χ0v) is 12.2. The van der Waals surface area contributed by atoms with Gasteiger partial charge in [0.15, 0.2) is 0 Å². The Hall–Kier alpha value is -0.570. The summed E-state index contributed by atoms with van der Waals surface area (Å²) in [7, 11) is 0. The fourth-order valence-electron chi connectivity index (χ4n) is 2.82. The molecule has 1 aliphatic rings. The van der Waals surface area contributed by atoms with Crippen molar-refractivity contribution in [3.05, 3.63) is 0 Å². The molecule has 0 amide bonds. The Morgan fingerprint density at radius 2 is 2.06 bits per heavy atom. The highest BCUT2D eigenvalue weighted by Gasteiger charge is 2.24. The summed E-state index contributed by atoms with van der Waals surface area (Å²) >= 11 is 0. The van der Waals surface area contributed by atoms with Crippen molar-refractivity contribution in [1.82, 2.24) is 5.32 Å². The Morgan fingerprint density at radius 3 is 2.67 bits per heavy atom. The molecule has 0 radical (unpaired) electrons. The van der Waals surface area contributed by atoms with Crippen LogP contribution in [0.3, 0.4) is 0 Å². The van der Waals surface area contributed by atoms with Crippen molar-refractivity contribution in [3.8, 4) is 0 Å². The van der Waals surface area contributed by atoms with E-state index in [0.717, 1.165) is 31.2 Å². The molecule has 1 N–H and O–H groups in total. The summed E-state index contributed by atoms with van der Waals surface area (Å²) in [5.41, 5.74) is 0. The Balaban J connectivity index is 2.38. The Kier molecular flexibility index (Phi) is 7.33. The van der Waals surface area contributed by atoms with Gasteiger partial charge in [-0.05, 0) is 38.1 Å². The minimum Gasteiger partial charge on any atom is -0.465 e. The first-order chi connectivity index (χ1) is 8.69. The molecule has 0 aromatic rings. The Bertz CT molecular complexity index is 243. The fraction of sp³-hybridized carbons (Fsp3) is 0.933. The lowest BCUT2D eigenvalue weighted by molar-refractivity contribution is -0.146. The molecular formula is C15H29NO2. The van der Waals surface area contributed by atoms with Crippen molar-refractivity contribution in [2.45, 2.75) is 65.3 Å². The molecule has 0 heterocycles. The van der Waals surface area contributed by atoms with Gasteiger partial charge in [0.2, 0.25) is 0 Å². The van der Waals surface area contributed by atoms with Crippen molar-refractivity contribution >= 4 is 5.97 Å². The van der Waals surface area contributed by atoms with Crippen LogP contribution in [0.1, 0.15) is 59.3 Å². The molecule has 3 nitrogen and oxygen atoms in total. The van der Waals surface area contributed by atoms with E-state index in [0.29, 0.717) is 6.61 Å². The third kappa shape index (κ3) is 4.97. The van der Waals surface area contributed by atoms with Crippen LogP contribution in [0.2, 0.25) is 0 Å². The molecule has 18 heavy (non-hydrogen) atoms. The van der Waals surface area contributed by atoms with Crippen LogP contribution in [0, 0.1) is 11.8 Å². The number of carbonyl (C=O) groups excluding carboxylic acids is 1. The minimum atomic E-state index is -0.107. The first-order valence-corrected chi connectivity index (χ1v) is 7.59. The maximum absolute atomic E-state index is 11.8. The smallest absolute Gasteiger partial charge is 0.323 e. The van der Waals surface area contributed by atoms with Gasteiger partial charge < -0.3 is 10.1 Å². The monoisotopic (exact) mass is 255 g/mol. The number of hydrogen-bond acceptors (Lipinski definition) is 3. The summed E-state index contributed by atoms with van der Waals surface area (Å²) in [5.74, 6) is 1.44. The zero-order valence-electron chi connectivity index (χ0n) is 12.2. The summed E-state index contributed by atoms with van der Waals surface area (Å²) < 4.78 is 5.12. The van der Waals surface area contributed by atoms with E-state index in [2.05, 4.69) is 19.2 Å². The molecule has 0 aromatic heterocycles. The quantitative estimate of drug-likeness (QED) is 0.710. The maximum atomic E-state index is 11.8. The van der Waals surface area contributed by atoms with Gasteiger partial charge in [0.25, 0.3) is 0 Å². The van der Waals surface area contributed by atoms with Gasteiger partial charge in [0.1, 0.15) is 6.04 Å². The molecule has 1 rings (SSSR count). The summed E-state index contributed by atoms with van der Waals surface area (Å²) in [5, 5.41) is 3.43. The van der Waals surface area contributed by atoms with E-state index >= 15 is 0 Å². The van der Waals surface area contributed by atoms with Gasteiger partial charge in [0, 0.05) is 0 Å². The van der Waals surface area contributed by atoms with Gasteiger partial charge in [-0.3, -0.25) is 4.79 Å². The van der Waals surface area contributed by atoms with Crippen molar-refractivity contribution in [3.63, 3.8) is 0 Å². The molecule has 0 spiro atoms. The van der Waals surface area contributed by atoms with Crippen LogP contribution >= 0.6 is 0 Å². The Morgan fingerprint density at radius 1 is 1.33 bits per heavy atom. The number of esters is 1. The molecule has 3 heteroatoms. The lowest BCUT2D eigenvalue weighted by Crippen LogP contribution is -2.42. The SMILES string of the molecule is CCCC(NCC1CCCCC1C)C(=O)OCC. The molecule has 0 saturated heterocycles. The average Bonchev–Trinajstić information content (AvgIpc) is 2.36.